The molecule has 2 aromatic carbocycles. The Morgan fingerprint density at radius 3 is 2.89 bits per heavy atom. The first-order chi connectivity index (χ1) is 16.9. The van der Waals surface area contributed by atoms with Crippen LogP contribution >= 0.6 is 11.6 Å². The van der Waals surface area contributed by atoms with Crippen LogP contribution in [0.15, 0.2) is 30.6 Å². The van der Waals surface area contributed by atoms with E-state index in [4.69, 9.17) is 26.8 Å². The third-order valence-corrected chi connectivity index (χ3v) is 6.24. The fourth-order valence-electron chi connectivity index (χ4n) is 4.18. The number of ether oxygens (including phenoxy) is 2. The lowest BCUT2D eigenvalue weighted by atomic mass is 10.1. The quantitative estimate of drug-likeness (QED) is 0.353. The molecule has 0 bridgehead atoms. The average molecular weight is 504 g/mol. The van der Waals surface area contributed by atoms with Gasteiger partial charge in [-0.15, -0.1) is 0 Å². The molecule has 1 fully saturated rings. The molecule has 0 aliphatic carbocycles. The smallest absolute Gasteiger partial charge is 0.320 e. The van der Waals surface area contributed by atoms with Gasteiger partial charge in [-0.05, 0) is 56.1 Å². The van der Waals surface area contributed by atoms with Gasteiger partial charge in [-0.2, -0.15) is 0 Å². The number of anilines is 2. The van der Waals surface area contributed by atoms with Crippen LogP contribution < -0.4 is 20.5 Å². The van der Waals surface area contributed by atoms with Gasteiger partial charge in [0.05, 0.1) is 24.3 Å². The Labute approximate surface area is 207 Å². The second-order valence-electron chi connectivity index (χ2n) is 8.25. The fraction of sp³-hybridized carbons (Fsp3) is 0.375. The fourth-order valence-corrected chi connectivity index (χ4v) is 4.34. The van der Waals surface area contributed by atoms with Gasteiger partial charge in [-0.1, -0.05) is 11.6 Å². The normalized spacial score (nSPS) is 15.9. The van der Waals surface area contributed by atoms with Crippen molar-refractivity contribution in [1.29, 1.82) is 0 Å². The van der Waals surface area contributed by atoms with Gasteiger partial charge in [-0.3, -0.25) is 9.69 Å². The molecule has 1 saturated heterocycles. The summed E-state index contributed by atoms with van der Waals surface area (Å²) in [7, 11) is 1.55. The van der Waals surface area contributed by atoms with Crippen LogP contribution in [0.1, 0.15) is 24.8 Å². The molecule has 2 heterocycles. The van der Waals surface area contributed by atoms with E-state index >= 15 is 0 Å². The SMILES string of the molecule is COc1cc2ncnc(Nc3cc(Cl)c(F)cc3CN3CCC[C@H]3C(=O)O)c2cc1OCCCN. The highest BCUT2D eigenvalue weighted by Crippen LogP contribution is 2.36. The zero-order valence-electron chi connectivity index (χ0n) is 19.3. The molecule has 9 nitrogen and oxygen atoms in total. The molecule has 1 aliphatic rings. The summed E-state index contributed by atoms with van der Waals surface area (Å²) >= 11 is 6.10. The summed E-state index contributed by atoms with van der Waals surface area (Å²) in [6.45, 7) is 1.78. The van der Waals surface area contributed by atoms with Crippen LogP contribution in [0.5, 0.6) is 11.5 Å². The average Bonchev–Trinajstić information content (AvgIpc) is 3.31. The van der Waals surface area contributed by atoms with E-state index in [-0.39, 0.29) is 11.6 Å². The van der Waals surface area contributed by atoms with Gasteiger partial charge in [0.2, 0.25) is 0 Å². The summed E-state index contributed by atoms with van der Waals surface area (Å²) in [6, 6.07) is 5.73. The van der Waals surface area contributed by atoms with E-state index in [1.165, 1.54) is 18.5 Å². The van der Waals surface area contributed by atoms with Gasteiger partial charge in [0.1, 0.15) is 24.0 Å². The van der Waals surface area contributed by atoms with Crippen molar-refractivity contribution >= 4 is 40.0 Å². The lowest BCUT2D eigenvalue weighted by Gasteiger charge is -2.23. The number of aromatic nitrogens is 2. The van der Waals surface area contributed by atoms with Crippen LogP contribution in [0.3, 0.4) is 0 Å². The van der Waals surface area contributed by atoms with E-state index in [0.29, 0.717) is 72.0 Å². The predicted molar refractivity (Wildman–Crippen MR) is 131 cm³/mol. The number of carbonyl (C=O) groups is 1. The van der Waals surface area contributed by atoms with Gasteiger partial charge in [0.15, 0.2) is 11.5 Å². The largest absolute Gasteiger partial charge is 0.493 e. The maximum absolute atomic E-state index is 14.4. The Morgan fingerprint density at radius 2 is 2.14 bits per heavy atom. The highest BCUT2D eigenvalue weighted by atomic mass is 35.5. The van der Waals surface area contributed by atoms with Gasteiger partial charge in [-0.25, -0.2) is 14.4 Å². The predicted octanol–water partition coefficient (Wildman–Crippen LogP) is 3.95. The molecule has 1 aromatic heterocycles. The number of rotatable bonds is 10. The highest BCUT2D eigenvalue weighted by Gasteiger charge is 2.31. The number of nitrogens with one attached hydrogen (secondary N) is 1. The number of nitrogens with zero attached hydrogens (tertiary/aromatic N) is 3. The minimum absolute atomic E-state index is 0.0571. The number of likely N-dealkylation sites (tertiary alicyclic amines) is 1. The van der Waals surface area contributed by atoms with E-state index < -0.39 is 17.8 Å². The van der Waals surface area contributed by atoms with Crippen LogP contribution in [0.4, 0.5) is 15.9 Å². The summed E-state index contributed by atoms with van der Waals surface area (Å²) in [5.74, 6) is 0.0421. The molecule has 0 unspecified atom stereocenters. The van der Waals surface area contributed by atoms with Crippen LogP contribution in [-0.4, -0.2) is 58.8 Å². The van der Waals surface area contributed by atoms with E-state index in [9.17, 15) is 14.3 Å². The number of carboxylic acids is 1. The van der Waals surface area contributed by atoms with Gasteiger partial charge in [0.25, 0.3) is 0 Å². The molecule has 0 amide bonds. The molecular weight excluding hydrogens is 477 g/mol. The number of halogens is 2. The molecular formula is C24H27ClFN5O4. The van der Waals surface area contributed by atoms with E-state index in [2.05, 4.69) is 15.3 Å². The van der Waals surface area contributed by atoms with Gasteiger partial charge < -0.3 is 25.6 Å². The zero-order valence-corrected chi connectivity index (χ0v) is 20.0. The van der Waals surface area contributed by atoms with Crippen LogP contribution in [0.25, 0.3) is 10.9 Å². The monoisotopic (exact) mass is 503 g/mol. The standard InChI is InChI=1S/C24H27ClFN5O4/c1-34-21-11-19-15(9-22(21)35-7-3-5-27)23(29-13-28-19)30-18-10-16(25)17(26)8-14(18)12-31-6-2-4-20(31)24(32)33/h8-11,13,20H,2-7,12,27H2,1H3,(H,32,33)(H,28,29,30)/t20-/m0/s1. The van der Waals surface area contributed by atoms with E-state index in [1.54, 1.807) is 19.2 Å². The molecule has 4 N–H and O–H groups in total. The first-order valence-corrected chi connectivity index (χ1v) is 11.7. The number of aliphatic carboxylic acids is 1. The summed E-state index contributed by atoms with van der Waals surface area (Å²) in [6.07, 6.45) is 3.41. The Balaban J connectivity index is 1.70. The van der Waals surface area contributed by atoms with Crippen molar-refractivity contribution in [3.63, 3.8) is 0 Å². The number of hydrogen-bond donors (Lipinski definition) is 3. The van der Waals surface area contributed by atoms with Gasteiger partial charge >= 0.3 is 5.97 Å². The van der Waals surface area contributed by atoms with Crippen molar-refractivity contribution in [2.24, 2.45) is 5.73 Å². The Morgan fingerprint density at radius 1 is 1.31 bits per heavy atom. The molecule has 1 aliphatic heterocycles. The van der Waals surface area contributed by atoms with E-state index in [0.717, 1.165) is 6.42 Å². The van der Waals surface area contributed by atoms with Crippen molar-refractivity contribution in [2.45, 2.75) is 31.8 Å². The van der Waals surface area contributed by atoms with Gasteiger partial charge in [0, 0.05) is 23.7 Å². The highest BCUT2D eigenvalue weighted by molar-refractivity contribution is 6.31. The maximum Gasteiger partial charge on any atom is 0.320 e. The maximum atomic E-state index is 14.4. The lowest BCUT2D eigenvalue weighted by molar-refractivity contribution is -0.142. The number of fused-ring (bicyclic) bond motifs is 1. The second-order valence-corrected chi connectivity index (χ2v) is 8.66. The number of hydrogen-bond acceptors (Lipinski definition) is 8. The van der Waals surface area contributed by atoms with Crippen molar-refractivity contribution in [3.05, 3.63) is 47.0 Å². The molecule has 35 heavy (non-hydrogen) atoms. The third kappa shape index (κ3) is 5.55. The topological polar surface area (TPSA) is 123 Å². The molecule has 0 spiro atoms. The molecule has 0 saturated carbocycles. The van der Waals surface area contributed by atoms with Crippen LogP contribution in [0, 0.1) is 5.82 Å². The molecule has 11 heteroatoms. The summed E-state index contributed by atoms with van der Waals surface area (Å²) in [5, 5.41) is 13.4. The first-order valence-electron chi connectivity index (χ1n) is 11.3. The Hall–Kier alpha value is -3.21. The second kappa shape index (κ2) is 11.0. The minimum atomic E-state index is -0.885. The summed E-state index contributed by atoms with van der Waals surface area (Å²) in [5.41, 5.74) is 7.28. The zero-order chi connectivity index (χ0) is 24.9. The number of nitrogens with two attached hydrogens (primary N) is 1. The minimum Gasteiger partial charge on any atom is -0.493 e. The Bertz CT molecular complexity index is 1230. The number of methoxy groups -OCH3 is 1. The summed E-state index contributed by atoms with van der Waals surface area (Å²) < 4.78 is 25.7. The Kier molecular flexibility index (Phi) is 7.84. The molecule has 0 radical (unpaired) electrons. The molecule has 4 rings (SSSR count). The molecule has 1 atom stereocenters. The number of benzene rings is 2. The van der Waals surface area contributed by atoms with Crippen LogP contribution in [-0.2, 0) is 11.3 Å². The van der Waals surface area contributed by atoms with Crippen molar-refractivity contribution < 1.29 is 23.8 Å². The van der Waals surface area contributed by atoms with Crippen LogP contribution in [0.2, 0.25) is 5.02 Å². The summed E-state index contributed by atoms with van der Waals surface area (Å²) in [4.78, 5) is 22.2. The van der Waals surface area contributed by atoms with E-state index in [1.807, 2.05) is 4.90 Å². The molecule has 3 aromatic rings. The van der Waals surface area contributed by atoms with Crippen molar-refractivity contribution in [2.75, 3.05) is 32.1 Å². The van der Waals surface area contributed by atoms with Crippen molar-refractivity contribution in [1.82, 2.24) is 14.9 Å². The first kappa shape index (κ1) is 24.9. The van der Waals surface area contributed by atoms with Crippen molar-refractivity contribution in [3.8, 4) is 11.5 Å². The molecule has 186 valence electrons. The third-order valence-electron chi connectivity index (χ3n) is 5.95. The lowest BCUT2D eigenvalue weighted by Crippen LogP contribution is -2.35. The number of carboxylic acid groups (broad SMARTS) is 1.